The van der Waals surface area contributed by atoms with E-state index in [9.17, 15) is 10.2 Å². The third kappa shape index (κ3) is 9.18. The fourth-order valence-corrected chi connectivity index (χ4v) is 3.05. The molecule has 0 spiro atoms. The van der Waals surface area contributed by atoms with Crippen LogP contribution >= 0.6 is 0 Å². The molecule has 0 rings (SSSR count). The number of aliphatic hydroxyl groups is 2. The third-order valence-electron chi connectivity index (χ3n) is 4.20. The van der Waals surface area contributed by atoms with Gasteiger partial charge in [-0.3, -0.25) is 0 Å². The maximum Gasteiger partial charge on any atom is 0.192 e. The lowest BCUT2D eigenvalue weighted by Gasteiger charge is -2.41. The minimum Gasteiger partial charge on any atom is -0.447 e. The molecule has 0 aromatic rings. The second-order valence-corrected chi connectivity index (χ2v) is 12.1. The predicted molar refractivity (Wildman–Crippen MR) is 102 cm³/mol. The van der Waals surface area contributed by atoms with E-state index in [1.165, 1.54) is 0 Å². The molecule has 0 aliphatic carbocycles. The first kappa shape index (κ1) is 23.8. The van der Waals surface area contributed by atoms with Crippen molar-refractivity contribution in [2.75, 3.05) is 13.2 Å². The minimum atomic E-state index is -2.18. The van der Waals surface area contributed by atoms with E-state index in [1.807, 2.05) is 13.8 Å². The van der Waals surface area contributed by atoms with E-state index in [4.69, 9.17) is 13.9 Å². The number of hydrogen-bond acceptors (Lipinski definition) is 5. The van der Waals surface area contributed by atoms with Gasteiger partial charge in [0.15, 0.2) is 8.32 Å². The van der Waals surface area contributed by atoms with Gasteiger partial charge in [-0.25, -0.2) is 0 Å². The maximum atomic E-state index is 10.5. The van der Waals surface area contributed by atoms with Crippen LogP contribution in [0.25, 0.3) is 0 Å². The van der Waals surface area contributed by atoms with Gasteiger partial charge in [0, 0.05) is 12.8 Å². The highest BCUT2D eigenvalue weighted by Crippen LogP contribution is 2.38. The molecular weight excluding hydrogens is 336 g/mol. The molecule has 6 heteroatoms. The molecule has 0 heterocycles. The summed E-state index contributed by atoms with van der Waals surface area (Å²) in [5.74, 6) is 5.53. The number of hydrogen-bond donors (Lipinski definition) is 2. The van der Waals surface area contributed by atoms with Crippen molar-refractivity contribution >= 4 is 8.32 Å². The highest BCUT2D eigenvalue weighted by Gasteiger charge is 2.42. The first-order valence-corrected chi connectivity index (χ1v) is 11.7. The molecule has 0 saturated carbocycles. The monoisotopic (exact) mass is 370 g/mol. The van der Waals surface area contributed by atoms with E-state index in [0.717, 1.165) is 0 Å². The van der Waals surface area contributed by atoms with E-state index in [2.05, 4.69) is 57.9 Å². The summed E-state index contributed by atoms with van der Waals surface area (Å²) >= 11 is 0. The molecule has 0 amide bonds. The van der Waals surface area contributed by atoms with Crippen molar-refractivity contribution in [3.8, 4) is 24.1 Å². The van der Waals surface area contributed by atoms with Crippen LogP contribution in [0.5, 0.6) is 0 Å². The summed E-state index contributed by atoms with van der Waals surface area (Å²) in [7, 11) is -2.18. The maximum absolute atomic E-state index is 10.5. The van der Waals surface area contributed by atoms with Gasteiger partial charge in [0.05, 0.1) is 31.5 Å². The molecule has 0 unspecified atom stereocenters. The van der Waals surface area contributed by atoms with E-state index >= 15 is 0 Å². The molecule has 0 saturated heterocycles. The Bertz CT molecular complexity index is 458. The predicted octanol–water partition coefficient (Wildman–Crippen LogP) is 2.87. The van der Waals surface area contributed by atoms with Crippen LogP contribution in [-0.4, -0.2) is 50.1 Å². The lowest BCUT2D eigenvalue weighted by atomic mass is 10.0. The number of aliphatic hydroxyl groups excluding tert-OH is 2. The zero-order chi connectivity index (χ0) is 19.5. The van der Waals surface area contributed by atoms with Gasteiger partial charge in [-0.05, 0) is 32.0 Å². The van der Waals surface area contributed by atoms with Gasteiger partial charge in [-0.2, -0.15) is 0 Å². The Labute approximate surface area is 154 Å². The van der Waals surface area contributed by atoms with E-state index in [1.54, 1.807) is 0 Å². The first-order chi connectivity index (χ1) is 11.6. The van der Waals surface area contributed by atoms with Gasteiger partial charge in [0.1, 0.15) is 12.2 Å². The van der Waals surface area contributed by atoms with Gasteiger partial charge in [-0.15, -0.1) is 0 Å². The Balaban J connectivity index is 5.17. The summed E-state index contributed by atoms with van der Waals surface area (Å²) in [4.78, 5) is 0. The van der Waals surface area contributed by atoms with Gasteiger partial charge in [-0.1, -0.05) is 32.6 Å². The van der Waals surface area contributed by atoms with Crippen LogP contribution in [0.4, 0.5) is 0 Å². The smallest absolute Gasteiger partial charge is 0.192 e. The van der Waals surface area contributed by atoms with Crippen molar-refractivity contribution in [3.05, 3.63) is 0 Å². The topological polar surface area (TPSA) is 68.2 Å². The van der Waals surface area contributed by atoms with Crippen LogP contribution in [0.2, 0.25) is 18.1 Å². The molecule has 2 N–H and O–H groups in total. The second kappa shape index (κ2) is 11.4. The van der Waals surface area contributed by atoms with E-state index < -0.39 is 26.6 Å². The van der Waals surface area contributed by atoms with Crippen LogP contribution in [0.3, 0.4) is 0 Å². The van der Waals surface area contributed by atoms with Crippen LogP contribution < -0.4 is 0 Å². The van der Waals surface area contributed by atoms with Crippen LogP contribution in [0.1, 0.15) is 47.5 Å². The van der Waals surface area contributed by atoms with Crippen LogP contribution in [0, 0.1) is 24.1 Å². The summed E-state index contributed by atoms with van der Waals surface area (Å²) in [6.07, 6.45) is 2.77. The molecule has 0 aromatic heterocycles. The summed E-state index contributed by atoms with van der Waals surface area (Å²) in [5, 5.41) is 21.0. The van der Waals surface area contributed by atoms with Crippen molar-refractivity contribution in [2.45, 2.75) is 83.9 Å². The molecule has 144 valence electrons. The lowest BCUT2D eigenvalue weighted by Crippen LogP contribution is -2.51. The molecule has 0 aromatic carbocycles. The Morgan fingerprint density at radius 1 is 0.880 bits per heavy atom. The van der Waals surface area contributed by atoms with Crippen LogP contribution in [-0.2, 0) is 13.9 Å². The van der Waals surface area contributed by atoms with Crippen LogP contribution in [0.15, 0.2) is 0 Å². The molecule has 5 nitrogen and oxygen atoms in total. The fourth-order valence-electron chi connectivity index (χ4n) is 1.70. The Kier molecular flexibility index (Phi) is 10.9. The number of ether oxygens (including phenoxy) is 2. The molecule has 0 bridgehead atoms. The van der Waals surface area contributed by atoms with Crippen molar-refractivity contribution < 1.29 is 24.1 Å². The molecule has 0 aliphatic rings. The highest BCUT2D eigenvalue weighted by atomic mass is 28.4. The van der Waals surface area contributed by atoms with Crippen molar-refractivity contribution in [3.63, 3.8) is 0 Å². The van der Waals surface area contributed by atoms with Crippen molar-refractivity contribution in [1.82, 2.24) is 0 Å². The molecule has 2 atom stereocenters. The zero-order valence-electron chi connectivity index (χ0n) is 16.7. The summed E-state index contributed by atoms with van der Waals surface area (Å²) in [5.41, 5.74) is 0. The second-order valence-electron chi connectivity index (χ2n) is 7.31. The largest absolute Gasteiger partial charge is 0.447 e. The average molecular weight is 371 g/mol. The SMILES string of the molecule is CCOC#CC[C@H](O)C(O[Si](C)(C)C(C)(C)C)[C@@H](O)CC#COCC. The summed E-state index contributed by atoms with van der Waals surface area (Å²) < 4.78 is 16.2. The molecule has 0 fully saturated rings. The lowest BCUT2D eigenvalue weighted by molar-refractivity contribution is -0.0465. The van der Waals surface area contributed by atoms with E-state index in [-0.39, 0.29) is 17.9 Å². The molecule has 0 aliphatic heterocycles. The molecular formula is C19H34O5Si. The quantitative estimate of drug-likeness (QED) is 0.508. The summed E-state index contributed by atoms with van der Waals surface area (Å²) in [6, 6.07) is 0. The highest BCUT2D eigenvalue weighted by molar-refractivity contribution is 6.74. The fraction of sp³-hybridized carbons (Fsp3) is 0.789. The summed E-state index contributed by atoms with van der Waals surface area (Å²) in [6.45, 7) is 15.2. The minimum absolute atomic E-state index is 0.0430. The van der Waals surface area contributed by atoms with Crippen molar-refractivity contribution in [2.24, 2.45) is 0 Å². The van der Waals surface area contributed by atoms with Gasteiger partial charge < -0.3 is 24.1 Å². The average Bonchev–Trinajstić information content (AvgIpc) is 2.52. The Hall–Kier alpha value is -1.18. The third-order valence-corrected chi connectivity index (χ3v) is 8.67. The Morgan fingerprint density at radius 2 is 1.28 bits per heavy atom. The normalized spacial score (nSPS) is 14.0. The van der Waals surface area contributed by atoms with E-state index in [0.29, 0.717) is 13.2 Å². The Morgan fingerprint density at radius 3 is 1.60 bits per heavy atom. The zero-order valence-corrected chi connectivity index (χ0v) is 17.7. The number of rotatable bonds is 8. The van der Waals surface area contributed by atoms with Crippen molar-refractivity contribution in [1.29, 1.82) is 0 Å². The molecule has 0 radical (unpaired) electrons. The van der Waals surface area contributed by atoms with Gasteiger partial charge in [0.2, 0.25) is 0 Å². The standard InChI is InChI=1S/C19H34O5Si/c1-8-22-14-10-12-16(20)18(17(21)13-11-15-23-9-2)24-25(6,7)19(3,4)5/h16-18,20-21H,8-9,12-13H2,1-7H3/t16-,17-/m0/s1. The first-order valence-electron chi connectivity index (χ1n) is 8.80. The van der Waals surface area contributed by atoms with Gasteiger partial charge >= 0.3 is 0 Å². The van der Waals surface area contributed by atoms with Gasteiger partial charge in [0.25, 0.3) is 0 Å². The molecule has 25 heavy (non-hydrogen) atoms.